The van der Waals surface area contributed by atoms with Crippen LogP contribution in [0.3, 0.4) is 0 Å². The van der Waals surface area contributed by atoms with E-state index in [0.29, 0.717) is 5.69 Å². The molecule has 0 aliphatic carbocycles. The second kappa shape index (κ2) is 8.71. The molecular weight excluding hydrogens is 400 g/mol. The van der Waals surface area contributed by atoms with Crippen LogP contribution in [-0.2, 0) is 16.8 Å². The van der Waals surface area contributed by atoms with Gasteiger partial charge in [0, 0.05) is 19.0 Å². The molecule has 0 aliphatic heterocycles. The summed E-state index contributed by atoms with van der Waals surface area (Å²) in [7, 11) is -4.60. The summed E-state index contributed by atoms with van der Waals surface area (Å²) in [6.45, 7) is 1.98. The highest BCUT2D eigenvalue weighted by Gasteiger charge is 2.21. The van der Waals surface area contributed by atoms with Crippen LogP contribution < -0.4 is 19.5 Å². The number of rotatable bonds is 7. The minimum atomic E-state index is -4.60. The Morgan fingerprint density at radius 2 is 1.86 bits per heavy atom. The minimum absolute atomic E-state index is 0.0232. The van der Waals surface area contributed by atoms with Crippen molar-refractivity contribution in [3.05, 3.63) is 66.4 Å². The van der Waals surface area contributed by atoms with Gasteiger partial charge in [-0.25, -0.2) is 4.79 Å². The van der Waals surface area contributed by atoms with E-state index in [1.165, 1.54) is 24.3 Å². The van der Waals surface area contributed by atoms with Gasteiger partial charge in [0.1, 0.15) is 5.75 Å². The number of amides is 2. The Bertz CT molecular complexity index is 1070. The van der Waals surface area contributed by atoms with Crippen LogP contribution in [-0.4, -0.2) is 24.3 Å². The first-order valence-corrected chi connectivity index (χ1v) is 9.92. The Morgan fingerprint density at radius 1 is 1.17 bits per heavy atom. The summed E-state index contributed by atoms with van der Waals surface area (Å²) < 4.78 is 41.0. The van der Waals surface area contributed by atoms with Gasteiger partial charge in [-0.05, 0) is 34.5 Å². The Hall–Kier alpha value is -3.44. The van der Waals surface area contributed by atoms with Crippen LogP contribution in [0.2, 0.25) is 0 Å². The summed E-state index contributed by atoms with van der Waals surface area (Å²) in [6, 6.07) is 14.7. The number of nitrogens with zero attached hydrogens (tertiary/aromatic N) is 2. The molecule has 0 saturated heterocycles. The molecule has 0 bridgehead atoms. The highest BCUT2D eigenvalue weighted by Crippen LogP contribution is 2.17. The third-order valence-electron chi connectivity index (χ3n) is 3.86. The van der Waals surface area contributed by atoms with Gasteiger partial charge in [-0.3, -0.25) is 14.4 Å². The van der Waals surface area contributed by atoms with Gasteiger partial charge in [-0.15, -0.1) is 0 Å². The Balaban J connectivity index is 1.54. The van der Waals surface area contributed by atoms with Crippen LogP contribution in [0.5, 0.6) is 5.75 Å². The van der Waals surface area contributed by atoms with Crippen molar-refractivity contribution in [2.45, 2.75) is 19.4 Å². The molecule has 1 unspecified atom stereocenters. The molecule has 1 aromatic heterocycles. The fraction of sp³-hybridized carbons (Fsp3) is 0.167. The zero-order valence-corrected chi connectivity index (χ0v) is 16.2. The van der Waals surface area contributed by atoms with Crippen LogP contribution in [0.25, 0.3) is 0 Å². The second-order valence-electron chi connectivity index (χ2n) is 6.20. The van der Waals surface area contributed by atoms with Gasteiger partial charge >= 0.3 is 22.3 Å². The zero-order valence-electron chi connectivity index (χ0n) is 15.3. The Morgan fingerprint density at radius 3 is 2.52 bits per heavy atom. The van der Waals surface area contributed by atoms with Gasteiger partial charge in [0.05, 0.1) is 0 Å². The van der Waals surface area contributed by atoms with E-state index in [1.54, 1.807) is 10.9 Å². The Labute approximate surface area is 167 Å². The quantitative estimate of drug-likeness (QED) is 0.396. The van der Waals surface area contributed by atoms with Crippen LogP contribution in [0.15, 0.2) is 65.3 Å². The van der Waals surface area contributed by atoms with Gasteiger partial charge in [0.15, 0.2) is 6.04 Å². The number of hydrogen-bond donors (Lipinski definition) is 3. The topological polar surface area (TPSA) is 135 Å². The SMILES string of the molecule is CC(Cc1ccccc1)[n+]1cc(NC(=O)Nc2ccc(OS(=O)(=O)O)cc2)on1. The molecule has 10 nitrogen and oxygen atoms in total. The van der Waals surface area contributed by atoms with Crippen molar-refractivity contribution in [1.29, 1.82) is 0 Å². The molecular formula is C18H19N4O6S+. The molecule has 3 N–H and O–H groups in total. The lowest BCUT2D eigenvalue weighted by atomic mass is 10.1. The van der Waals surface area contributed by atoms with E-state index in [1.807, 2.05) is 37.3 Å². The van der Waals surface area contributed by atoms with Crippen molar-refractivity contribution >= 4 is 28.0 Å². The number of aromatic nitrogens is 2. The number of urea groups is 1. The summed E-state index contributed by atoms with van der Waals surface area (Å²) in [5.41, 5.74) is 1.53. The predicted molar refractivity (Wildman–Crippen MR) is 103 cm³/mol. The number of carbonyl (C=O) groups is 1. The van der Waals surface area contributed by atoms with Crippen LogP contribution in [0, 0.1) is 0 Å². The lowest BCUT2D eigenvalue weighted by Crippen LogP contribution is -2.40. The molecule has 0 aliphatic rings. The van der Waals surface area contributed by atoms with Crippen LogP contribution in [0.4, 0.5) is 16.4 Å². The zero-order chi connectivity index (χ0) is 20.9. The molecule has 2 amide bonds. The molecule has 152 valence electrons. The molecule has 0 fully saturated rings. The molecule has 1 heterocycles. The average molecular weight is 419 g/mol. The van der Waals surface area contributed by atoms with E-state index in [4.69, 9.17) is 9.08 Å². The minimum Gasteiger partial charge on any atom is -0.362 e. The number of nitrogens with one attached hydrogen (secondary N) is 2. The standard InChI is InChI=1S/C18H18N4O6S/c1-13(11-14-5-3-2-4-6-14)22-12-17(27-21-22)20-18(23)19-15-7-9-16(10-8-15)28-29(24,25)26/h2-10,12-13H,11H2,1H3,(H2-,19,20,21,23,24,25,26)/p+1. The fourth-order valence-electron chi connectivity index (χ4n) is 2.56. The third-order valence-corrected chi connectivity index (χ3v) is 4.26. The lowest BCUT2D eigenvalue weighted by molar-refractivity contribution is -0.782. The van der Waals surface area contributed by atoms with E-state index < -0.39 is 16.4 Å². The summed E-state index contributed by atoms with van der Waals surface area (Å²) >= 11 is 0. The van der Waals surface area contributed by atoms with E-state index in [2.05, 4.69) is 20.1 Å². The van der Waals surface area contributed by atoms with Crippen molar-refractivity contribution in [2.24, 2.45) is 0 Å². The largest absolute Gasteiger partial charge is 0.446 e. The highest BCUT2D eigenvalue weighted by molar-refractivity contribution is 7.81. The average Bonchev–Trinajstić information content (AvgIpc) is 3.11. The van der Waals surface area contributed by atoms with Gasteiger partial charge in [0.2, 0.25) is 5.27 Å². The van der Waals surface area contributed by atoms with Crippen molar-refractivity contribution in [1.82, 2.24) is 5.27 Å². The Kier molecular flexibility index (Phi) is 6.10. The molecule has 0 saturated carbocycles. The first kappa shape index (κ1) is 20.3. The van der Waals surface area contributed by atoms with Crippen molar-refractivity contribution in [3.63, 3.8) is 0 Å². The van der Waals surface area contributed by atoms with E-state index in [9.17, 15) is 13.2 Å². The van der Waals surface area contributed by atoms with Crippen molar-refractivity contribution in [2.75, 3.05) is 10.6 Å². The summed E-state index contributed by atoms with van der Waals surface area (Å²) in [6.07, 6.45) is 2.33. The first-order valence-electron chi connectivity index (χ1n) is 8.55. The van der Waals surface area contributed by atoms with E-state index in [-0.39, 0.29) is 17.7 Å². The third kappa shape index (κ3) is 6.30. The van der Waals surface area contributed by atoms with Gasteiger partial charge in [-0.1, -0.05) is 30.3 Å². The normalized spacial score (nSPS) is 12.2. The molecule has 1 atom stereocenters. The maximum atomic E-state index is 12.1. The van der Waals surface area contributed by atoms with E-state index >= 15 is 0 Å². The molecule has 3 aromatic rings. The summed E-state index contributed by atoms with van der Waals surface area (Å²) in [5.74, 6) is 0.0656. The molecule has 0 spiro atoms. The predicted octanol–water partition coefficient (Wildman–Crippen LogP) is 2.59. The summed E-state index contributed by atoms with van der Waals surface area (Å²) in [4.78, 5) is 12.1. The number of carbonyl (C=O) groups excluding carboxylic acids is 1. The molecule has 3 rings (SSSR count). The molecule has 0 radical (unpaired) electrons. The van der Waals surface area contributed by atoms with Gasteiger partial charge < -0.3 is 9.50 Å². The molecule has 11 heteroatoms. The molecule has 29 heavy (non-hydrogen) atoms. The van der Waals surface area contributed by atoms with E-state index in [0.717, 1.165) is 12.0 Å². The van der Waals surface area contributed by atoms with Crippen molar-refractivity contribution in [3.8, 4) is 5.75 Å². The molecule has 2 aromatic carbocycles. The van der Waals surface area contributed by atoms with Gasteiger partial charge in [0.25, 0.3) is 6.20 Å². The lowest BCUT2D eigenvalue weighted by Gasteiger charge is -2.05. The smallest absolute Gasteiger partial charge is 0.362 e. The number of anilines is 2. The number of hydrogen-bond acceptors (Lipinski definition) is 6. The maximum Gasteiger partial charge on any atom is 0.446 e. The second-order valence-corrected chi connectivity index (χ2v) is 7.22. The van der Waals surface area contributed by atoms with Gasteiger partial charge in [-0.2, -0.15) is 8.42 Å². The number of benzene rings is 2. The highest BCUT2D eigenvalue weighted by atomic mass is 32.3. The monoisotopic (exact) mass is 419 g/mol. The first-order chi connectivity index (χ1) is 13.8. The van der Waals surface area contributed by atoms with Crippen LogP contribution in [0.1, 0.15) is 18.5 Å². The van der Waals surface area contributed by atoms with Crippen molar-refractivity contribution < 1.29 is 31.2 Å². The summed E-state index contributed by atoms with van der Waals surface area (Å²) in [5, 5.41) is 8.98. The maximum absolute atomic E-state index is 12.1. The fourth-order valence-corrected chi connectivity index (χ4v) is 2.91. The van der Waals surface area contributed by atoms with Crippen LogP contribution >= 0.6 is 0 Å².